The minimum Gasteiger partial charge on any atom is -0.322 e. The Kier molecular flexibility index (Phi) is 5.78. The molecule has 0 unspecified atom stereocenters. The van der Waals surface area contributed by atoms with Crippen molar-refractivity contribution in [1.29, 1.82) is 0 Å². The van der Waals surface area contributed by atoms with Crippen LogP contribution in [0.15, 0.2) is 72.8 Å². The van der Waals surface area contributed by atoms with Crippen LogP contribution in [0.5, 0.6) is 0 Å². The smallest absolute Gasteiger partial charge is 0.289 e. The van der Waals surface area contributed by atoms with E-state index in [1.807, 2.05) is 0 Å². The number of amides is 2. The molecule has 150 valence electrons. The molecule has 0 bridgehead atoms. The molecule has 0 fully saturated rings. The number of nitro benzene ring substituents is 2. The third kappa shape index (κ3) is 4.62. The van der Waals surface area contributed by atoms with Crippen molar-refractivity contribution < 1.29 is 19.4 Å². The van der Waals surface area contributed by atoms with Gasteiger partial charge in [0, 0.05) is 23.0 Å². The maximum absolute atomic E-state index is 12.4. The van der Waals surface area contributed by atoms with Crippen LogP contribution in [0.4, 0.5) is 22.7 Å². The number of nitrogens with zero attached hydrogens (tertiary/aromatic N) is 2. The van der Waals surface area contributed by atoms with Crippen LogP contribution >= 0.6 is 0 Å². The monoisotopic (exact) mass is 406 g/mol. The summed E-state index contributed by atoms with van der Waals surface area (Å²) in [6.07, 6.45) is 0. The first-order valence-corrected chi connectivity index (χ1v) is 8.56. The van der Waals surface area contributed by atoms with Crippen molar-refractivity contribution in [3.8, 4) is 0 Å². The number of hydrogen-bond acceptors (Lipinski definition) is 6. The van der Waals surface area contributed by atoms with Gasteiger partial charge in [-0.1, -0.05) is 18.2 Å². The van der Waals surface area contributed by atoms with Gasteiger partial charge in [-0.2, -0.15) is 0 Å². The largest absolute Gasteiger partial charge is 0.322 e. The van der Waals surface area contributed by atoms with Crippen molar-refractivity contribution in [2.24, 2.45) is 0 Å². The van der Waals surface area contributed by atoms with Gasteiger partial charge in [0.05, 0.1) is 15.9 Å². The van der Waals surface area contributed by atoms with Crippen molar-refractivity contribution in [1.82, 2.24) is 0 Å². The highest BCUT2D eigenvalue weighted by atomic mass is 16.6. The number of rotatable bonds is 6. The molecule has 0 radical (unpaired) electrons. The number of non-ortho nitro benzene ring substituents is 1. The lowest BCUT2D eigenvalue weighted by Crippen LogP contribution is -2.14. The molecule has 0 aliphatic rings. The molecule has 0 aliphatic carbocycles. The van der Waals surface area contributed by atoms with E-state index in [1.165, 1.54) is 12.1 Å². The summed E-state index contributed by atoms with van der Waals surface area (Å²) in [5, 5.41) is 27.2. The number of carbonyl (C=O) groups is 2. The fourth-order valence-electron chi connectivity index (χ4n) is 2.60. The van der Waals surface area contributed by atoms with E-state index in [2.05, 4.69) is 10.6 Å². The fraction of sp³-hybridized carbons (Fsp3) is 0. The van der Waals surface area contributed by atoms with Crippen molar-refractivity contribution in [2.75, 3.05) is 10.6 Å². The highest BCUT2D eigenvalue weighted by Crippen LogP contribution is 2.26. The first kappa shape index (κ1) is 20.1. The van der Waals surface area contributed by atoms with Crippen LogP contribution in [0.1, 0.15) is 20.7 Å². The normalized spacial score (nSPS) is 10.1. The van der Waals surface area contributed by atoms with Gasteiger partial charge in [-0.25, -0.2) is 0 Å². The molecule has 0 aromatic heterocycles. The van der Waals surface area contributed by atoms with Crippen LogP contribution in [0.2, 0.25) is 0 Å². The number of carbonyl (C=O) groups excluding carboxylic acids is 2. The van der Waals surface area contributed by atoms with Gasteiger partial charge in [0.25, 0.3) is 23.2 Å². The van der Waals surface area contributed by atoms with E-state index >= 15 is 0 Å². The van der Waals surface area contributed by atoms with Gasteiger partial charge in [-0.3, -0.25) is 29.8 Å². The van der Waals surface area contributed by atoms with Crippen LogP contribution in [0.3, 0.4) is 0 Å². The second kappa shape index (κ2) is 8.61. The summed E-state index contributed by atoms with van der Waals surface area (Å²) in [6, 6.07) is 17.5. The number of nitrogens with one attached hydrogen (secondary N) is 2. The Morgan fingerprint density at radius 3 is 1.80 bits per heavy atom. The quantitative estimate of drug-likeness (QED) is 0.467. The SMILES string of the molecule is O=C(Nc1ccc(NC(=O)c2ccc([N+](=O)[O-])cc2[N+](=O)[O-])cc1)c1ccccc1. The molecule has 2 N–H and O–H groups in total. The lowest BCUT2D eigenvalue weighted by atomic mass is 10.1. The second-order valence-corrected chi connectivity index (χ2v) is 6.07. The molecule has 3 rings (SSSR count). The first-order valence-electron chi connectivity index (χ1n) is 8.56. The van der Waals surface area contributed by atoms with Crippen molar-refractivity contribution in [3.05, 3.63) is 104 Å². The Labute approximate surface area is 169 Å². The average molecular weight is 406 g/mol. The zero-order valence-electron chi connectivity index (χ0n) is 15.3. The number of nitro groups is 2. The summed E-state index contributed by atoms with van der Waals surface area (Å²) < 4.78 is 0. The molecule has 3 aromatic carbocycles. The molecule has 0 saturated heterocycles. The molecular formula is C20H14N4O6. The van der Waals surface area contributed by atoms with Crippen LogP contribution in [-0.4, -0.2) is 21.7 Å². The standard InChI is InChI=1S/C20H14N4O6/c25-19(13-4-2-1-3-5-13)21-14-6-8-15(9-7-14)22-20(26)17-11-10-16(23(27)28)12-18(17)24(29)30/h1-12H,(H,21,25)(H,22,26). The van der Waals surface area contributed by atoms with E-state index in [9.17, 15) is 29.8 Å². The van der Waals surface area contributed by atoms with Gasteiger partial charge in [0.1, 0.15) is 5.56 Å². The van der Waals surface area contributed by atoms with Crippen molar-refractivity contribution in [3.63, 3.8) is 0 Å². The third-order valence-electron chi connectivity index (χ3n) is 4.07. The summed E-state index contributed by atoms with van der Waals surface area (Å²) in [7, 11) is 0. The predicted molar refractivity (Wildman–Crippen MR) is 109 cm³/mol. The summed E-state index contributed by atoms with van der Waals surface area (Å²) in [5.41, 5.74) is -0.175. The highest BCUT2D eigenvalue weighted by molar-refractivity contribution is 6.07. The minimum absolute atomic E-state index is 0.297. The zero-order valence-corrected chi connectivity index (χ0v) is 15.3. The minimum atomic E-state index is -0.857. The van der Waals surface area contributed by atoms with Gasteiger partial charge in [-0.05, 0) is 42.5 Å². The van der Waals surface area contributed by atoms with Gasteiger partial charge >= 0.3 is 0 Å². The number of anilines is 2. The van der Waals surface area contributed by atoms with Crippen molar-refractivity contribution in [2.45, 2.75) is 0 Å². The Bertz CT molecular complexity index is 1130. The number of hydrogen-bond donors (Lipinski definition) is 2. The van der Waals surface area contributed by atoms with E-state index < -0.39 is 27.1 Å². The lowest BCUT2D eigenvalue weighted by molar-refractivity contribution is -0.394. The van der Waals surface area contributed by atoms with E-state index in [4.69, 9.17) is 0 Å². The Morgan fingerprint density at radius 1 is 0.700 bits per heavy atom. The molecule has 0 heterocycles. The second-order valence-electron chi connectivity index (χ2n) is 6.07. The van der Waals surface area contributed by atoms with E-state index in [1.54, 1.807) is 42.5 Å². The molecule has 0 aliphatic heterocycles. The zero-order chi connectivity index (χ0) is 21.7. The maximum Gasteiger partial charge on any atom is 0.289 e. The fourth-order valence-corrected chi connectivity index (χ4v) is 2.60. The highest BCUT2D eigenvalue weighted by Gasteiger charge is 2.24. The molecular weight excluding hydrogens is 392 g/mol. The van der Waals surface area contributed by atoms with Crippen molar-refractivity contribution >= 4 is 34.6 Å². The Hall–Kier alpha value is -4.60. The van der Waals surface area contributed by atoms with E-state index in [-0.39, 0.29) is 11.5 Å². The topological polar surface area (TPSA) is 144 Å². The summed E-state index contributed by atoms with van der Waals surface area (Å²) in [5.74, 6) is -1.09. The predicted octanol–water partition coefficient (Wildman–Crippen LogP) is 4.01. The number of benzene rings is 3. The lowest BCUT2D eigenvalue weighted by Gasteiger charge is -2.08. The van der Waals surface area contributed by atoms with E-state index in [0.717, 1.165) is 18.2 Å². The van der Waals surface area contributed by atoms with E-state index in [0.29, 0.717) is 16.9 Å². The molecule has 10 nitrogen and oxygen atoms in total. The molecule has 0 spiro atoms. The molecule has 3 aromatic rings. The van der Waals surface area contributed by atoms with Gasteiger partial charge in [0.15, 0.2) is 0 Å². The third-order valence-corrected chi connectivity index (χ3v) is 4.07. The first-order chi connectivity index (χ1) is 14.3. The summed E-state index contributed by atoms with van der Waals surface area (Å²) >= 11 is 0. The Morgan fingerprint density at radius 2 is 1.27 bits per heavy atom. The van der Waals surface area contributed by atoms with Crippen LogP contribution < -0.4 is 10.6 Å². The average Bonchev–Trinajstić information content (AvgIpc) is 2.75. The maximum atomic E-state index is 12.4. The van der Waals surface area contributed by atoms with Gasteiger partial charge in [0.2, 0.25) is 0 Å². The van der Waals surface area contributed by atoms with Gasteiger partial charge in [-0.15, -0.1) is 0 Å². The molecule has 0 saturated carbocycles. The van der Waals surface area contributed by atoms with Crippen LogP contribution in [-0.2, 0) is 0 Å². The molecule has 30 heavy (non-hydrogen) atoms. The molecule has 2 amide bonds. The summed E-state index contributed by atoms with van der Waals surface area (Å²) in [4.78, 5) is 44.9. The van der Waals surface area contributed by atoms with Gasteiger partial charge < -0.3 is 10.6 Å². The van der Waals surface area contributed by atoms with Crippen LogP contribution in [0, 0.1) is 20.2 Å². The van der Waals surface area contributed by atoms with Crippen LogP contribution in [0.25, 0.3) is 0 Å². The summed E-state index contributed by atoms with van der Waals surface area (Å²) in [6.45, 7) is 0. The molecule has 0 atom stereocenters. The molecule has 10 heteroatoms. The Balaban J connectivity index is 1.72.